The van der Waals surface area contributed by atoms with E-state index < -0.39 is 5.91 Å². The summed E-state index contributed by atoms with van der Waals surface area (Å²) in [5.74, 6) is -0.367. The van der Waals surface area contributed by atoms with Gasteiger partial charge in [-0.3, -0.25) is 9.79 Å². The molecular formula is C20H22N8O. The molecule has 1 aliphatic heterocycles. The van der Waals surface area contributed by atoms with Crippen molar-refractivity contribution in [1.29, 1.82) is 5.26 Å². The first-order chi connectivity index (χ1) is 14.0. The number of aliphatic imine (C=N–C) groups is 2. The van der Waals surface area contributed by atoms with Gasteiger partial charge >= 0.3 is 0 Å². The molecule has 1 aromatic heterocycles. The Labute approximate surface area is 168 Å². The standard InChI is InChI=1S/C20H22N8O/c1-24-16(19(23)29)11-18(22)27-20-25-7-6-15(26-20)13-4-5-17(14(10-13)12-21)28-8-2-3-9-28/h4-7,10H,2-3,8-9,11H2,1H3,(H2,23,29)(H2,22,25,26,27). The number of amidine groups is 1. The average Bonchev–Trinajstić information content (AvgIpc) is 3.26. The molecule has 0 spiro atoms. The van der Waals surface area contributed by atoms with E-state index in [1.54, 1.807) is 12.3 Å². The Bertz CT molecular complexity index is 1020. The van der Waals surface area contributed by atoms with Gasteiger partial charge in [0, 0.05) is 31.9 Å². The molecule has 9 heteroatoms. The third-order valence-corrected chi connectivity index (χ3v) is 4.65. The van der Waals surface area contributed by atoms with E-state index in [0.29, 0.717) is 11.3 Å². The van der Waals surface area contributed by atoms with E-state index in [0.717, 1.165) is 37.2 Å². The first-order valence-corrected chi connectivity index (χ1v) is 9.23. The summed E-state index contributed by atoms with van der Waals surface area (Å²) < 4.78 is 0. The van der Waals surface area contributed by atoms with E-state index in [1.165, 1.54) is 7.05 Å². The Hall–Kier alpha value is -3.80. The second-order valence-electron chi connectivity index (χ2n) is 6.59. The van der Waals surface area contributed by atoms with Gasteiger partial charge in [-0.15, -0.1) is 0 Å². The van der Waals surface area contributed by atoms with Crippen molar-refractivity contribution in [3.05, 3.63) is 36.0 Å². The van der Waals surface area contributed by atoms with Crippen LogP contribution in [-0.2, 0) is 4.79 Å². The lowest BCUT2D eigenvalue weighted by Gasteiger charge is -2.19. The fourth-order valence-electron chi connectivity index (χ4n) is 3.20. The summed E-state index contributed by atoms with van der Waals surface area (Å²) in [5.41, 5.74) is 14.2. The van der Waals surface area contributed by atoms with Gasteiger partial charge in [0.05, 0.1) is 23.4 Å². The fourth-order valence-corrected chi connectivity index (χ4v) is 3.20. The summed E-state index contributed by atoms with van der Waals surface area (Å²) in [6.07, 6.45) is 3.86. The van der Waals surface area contributed by atoms with Crippen LogP contribution in [0.5, 0.6) is 0 Å². The zero-order valence-electron chi connectivity index (χ0n) is 16.2. The van der Waals surface area contributed by atoms with Gasteiger partial charge in [-0.1, -0.05) is 6.07 Å². The molecule has 1 aliphatic rings. The highest BCUT2D eigenvalue weighted by molar-refractivity contribution is 6.41. The Morgan fingerprint density at radius 2 is 2.03 bits per heavy atom. The molecule has 2 aromatic rings. The highest BCUT2D eigenvalue weighted by Crippen LogP contribution is 2.29. The van der Waals surface area contributed by atoms with Crippen molar-refractivity contribution in [3.8, 4) is 17.3 Å². The van der Waals surface area contributed by atoms with Crippen molar-refractivity contribution in [2.75, 3.05) is 25.0 Å². The zero-order valence-corrected chi connectivity index (χ0v) is 16.2. The SMILES string of the molecule is CN=C(CC(N)=Nc1nccc(-c2ccc(N3CCCC3)c(C#N)c2)n1)C(N)=O. The Balaban J connectivity index is 1.86. The van der Waals surface area contributed by atoms with Gasteiger partial charge in [-0.25, -0.2) is 9.97 Å². The minimum absolute atomic E-state index is 0.0164. The van der Waals surface area contributed by atoms with Crippen molar-refractivity contribution in [2.24, 2.45) is 21.5 Å². The van der Waals surface area contributed by atoms with Gasteiger partial charge in [-0.05, 0) is 31.0 Å². The summed E-state index contributed by atoms with van der Waals surface area (Å²) >= 11 is 0. The average molecular weight is 390 g/mol. The third-order valence-electron chi connectivity index (χ3n) is 4.65. The van der Waals surface area contributed by atoms with Crippen molar-refractivity contribution in [2.45, 2.75) is 19.3 Å². The van der Waals surface area contributed by atoms with Crippen molar-refractivity contribution in [1.82, 2.24) is 9.97 Å². The van der Waals surface area contributed by atoms with Crippen molar-refractivity contribution >= 4 is 29.1 Å². The summed E-state index contributed by atoms with van der Waals surface area (Å²) in [7, 11) is 1.46. The lowest BCUT2D eigenvalue weighted by molar-refractivity contribution is -0.112. The molecule has 2 heterocycles. The number of nitrogens with two attached hydrogens (primary N) is 2. The van der Waals surface area contributed by atoms with Gasteiger partial charge in [0.2, 0.25) is 0 Å². The van der Waals surface area contributed by atoms with E-state index in [1.807, 2.05) is 18.2 Å². The second kappa shape index (κ2) is 8.93. The highest BCUT2D eigenvalue weighted by Gasteiger charge is 2.17. The molecule has 1 saturated heterocycles. The van der Waals surface area contributed by atoms with E-state index in [4.69, 9.17) is 11.5 Å². The van der Waals surface area contributed by atoms with Crippen LogP contribution in [0.25, 0.3) is 11.3 Å². The molecule has 29 heavy (non-hydrogen) atoms. The van der Waals surface area contributed by atoms with E-state index in [-0.39, 0.29) is 23.9 Å². The van der Waals surface area contributed by atoms with Gasteiger partial charge in [0.1, 0.15) is 17.6 Å². The maximum Gasteiger partial charge on any atom is 0.263 e. The van der Waals surface area contributed by atoms with Crippen molar-refractivity contribution < 1.29 is 4.79 Å². The number of primary amides is 1. The van der Waals surface area contributed by atoms with E-state index >= 15 is 0 Å². The topological polar surface area (TPSA) is 147 Å². The molecule has 0 bridgehead atoms. The number of hydrogen-bond donors (Lipinski definition) is 2. The second-order valence-corrected chi connectivity index (χ2v) is 6.59. The van der Waals surface area contributed by atoms with Crippen molar-refractivity contribution in [3.63, 3.8) is 0 Å². The summed E-state index contributed by atoms with van der Waals surface area (Å²) in [5, 5.41) is 9.58. The molecule has 3 rings (SSSR count). The predicted molar refractivity (Wildman–Crippen MR) is 112 cm³/mol. The number of hydrogen-bond acceptors (Lipinski definition) is 7. The number of benzene rings is 1. The molecule has 0 atom stereocenters. The number of nitriles is 1. The van der Waals surface area contributed by atoms with E-state index in [9.17, 15) is 10.1 Å². The predicted octanol–water partition coefficient (Wildman–Crippen LogP) is 1.55. The van der Waals surface area contributed by atoms with Crippen LogP contribution in [0.4, 0.5) is 11.6 Å². The van der Waals surface area contributed by atoms with Crippen LogP contribution in [0.15, 0.2) is 40.4 Å². The molecule has 0 radical (unpaired) electrons. The highest BCUT2D eigenvalue weighted by atomic mass is 16.1. The summed E-state index contributed by atoms with van der Waals surface area (Å²) in [6, 6.07) is 9.73. The Morgan fingerprint density at radius 1 is 1.28 bits per heavy atom. The first kappa shape index (κ1) is 19.9. The number of amides is 1. The van der Waals surface area contributed by atoms with Crippen LogP contribution in [0.1, 0.15) is 24.8 Å². The maximum absolute atomic E-state index is 11.3. The lowest BCUT2D eigenvalue weighted by atomic mass is 10.1. The summed E-state index contributed by atoms with van der Waals surface area (Å²) in [6.45, 7) is 1.93. The van der Waals surface area contributed by atoms with Crippen LogP contribution in [0.3, 0.4) is 0 Å². The zero-order chi connectivity index (χ0) is 20.8. The molecule has 9 nitrogen and oxygen atoms in total. The summed E-state index contributed by atoms with van der Waals surface area (Å²) in [4.78, 5) is 29.9. The molecule has 148 valence electrons. The minimum Gasteiger partial charge on any atom is -0.387 e. The van der Waals surface area contributed by atoms with Gasteiger partial charge < -0.3 is 16.4 Å². The van der Waals surface area contributed by atoms with Gasteiger partial charge in [0.25, 0.3) is 11.9 Å². The number of anilines is 1. The lowest BCUT2D eigenvalue weighted by Crippen LogP contribution is -2.28. The monoisotopic (exact) mass is 390 g/mol. The molecule has 0 unspecified atom stereocenters. The Morgan fingerprint density at radius 3 is 2.69 bits per heavy atom. The van der Waals surface area contributed by atoms with Crippen LogP contribution < -0.4 is 16.4 Å². The third kappa shape index (κ3) is 4.73. The molecule has 1 aromatic carbocycles. The first-order valence-electron chi connectivity index (χ1n) is 9.23. The molecular weight excluding hydrogens is 368 g/mol. The molecule has 1 amide bonds. The normalized spacial score (nSPS) is 14.7. The number of nitrogens with zero attached hydrogens (tertiary/aromatic N) is 6. The largest absolute Gasteiger partial charge is 0.387 e. The van der Waals surface area contributed by atoms with Crippen LogP contribution in [0.2, 0.25) is 0 Å². The maximum atomic E-state index is 11.3. The molecule has 0 saturated carbocycles. The number of rotatable bonds is 6. The Kier molecular flexibility index (Phi) is 6.14. The smallest absolute Gasteiger partial charge is 0.263 e. The molecule has 0 aliphatic carbocycles. The number of aromatic nitrogens is 2. The van der Waals surface area contributed by atoms with Crippen LogP contribution >= 0.6 is 0 Å². The number of carbonyl (C=O) groups is 1. The fraction of sp³-hybridized carbons (Fsp3) is 0.300. The van der Waals surface area contributed by atoms with Crippen LogP contribution in [0, 0.1) is 11.3 Å². The van der Waals surface area contributed by atoms with E-state index in [2.05, 4.69) is 30.9 Å². The minimum atomic E-state index is -0.651. The van der Waals surface area contributed by atoms with Crippen LogP contribution in [-0.4, -0.2) is 47.6 Å². The van der Waals surface area contributed by atoms with Gasteiger partial charge in [0.15, 0.2) is 0 Å². The number of carbonyl (C=O) groups excluding carboxylic acids is 1. The molecule has 1 fully saturated rings. The quantitative estimate of drug-likeness (QED) is 0.565. The van der Waals surface area contributed by atoms with Gasteiger partial charge in [-0.2, -0.15) is 10.3 Å². The molecule has 4 N–H and O–H groups in total.